The van der Waals surface area contributed by atoms with Gasteiger partial charge in [0.1, 0.15) is 17.3 Å². The van der Waals surface area contributed by atoms with E-state index in [2.05, 4.69) is 20.3 Å². The summed E-state index contributed by atoms with van der Waals surface area (Å²) in [6.07, 6.45) is -2.92. The Morgan fingerprint density at radius 1 is 1.06 bits per heavy atom. The van der Waals surface area contributed by atoms with Crippen LogP contribution < -0.4 is 14.8 Å². The van der Waals surface area contributed by atoms with Crippen molar-refractivity contribution < 1.29 is 49.4 Å². The third kappa shape index (κ3) is 7.42. The van der Waals surface area contributed by atoms with E-state index >= 15 is 0 Å². The fourth-order valence-electron chi connectivity index (χ4n) is 5.01. The third-order valence-corrected chi connectivity index (χ3v) is 8.53. The van der Waals surface area contributed by atoms with E-state index in [9.17, 15) is 44.7 Å². The number of carbonyl (C=O) groups is 1. The normalized spacial score (nSPS) is 15.8. The molecule has 250 valence electrons. The molecule has 0 radical (unpaired) electrons. The maximum atomic E-state index is 14.9. The Hall–Kier alpha value is -4.87. The number of sulfonamides is 1. The second kappa shape index (κ2) is 12.7. The van der Waals surface area contributed by atoms with Crippen LogP contribution in [0.1, 0.15) is 18.4 Å². The summed E-state index contributed by atoms with van der Waals surface area (Å²) in [5.74, 6) is -9.17. The lowest BCUT2D eigenvalue weighted by Crippen LogP contribution is -2.44. The van der Waals surface area contributed by atoms with Crippen molar-refractivity contribution in [1.29, 1.82) is 0 Å². The summed E-state index contributed by atoms with van der Waals surface area (Å²) < 4.78 is 113. The van der Waals surface area contributed by atoms with Gasteiger partial charge in [0.2, 0.25) is 21.9 Å². The van der Waals surface area contributed by atoms with Crippen molar-refractivity contribution in [2.24, 2.45) is 0 Å². The lowest BCUT2D eigenvalue weighted by atomic mass is 10.0. The second-order valence-electron chi connectivity index (χ2n) is 10.7. The van der Waals surface area contributed by atoms with E-state index in [1.165, 1.54) is 35.5 Å². The number of aryl methyl sites for hydroxylation is 1. The number of alkyl halides is 5. The smallest absolute Gasteiger partial charge is 0.454 e. The molecule has 0 spiro atoms. The van der Waals surface area contributed by atoms with E-state index in [4.69, 9.17) is 4.74 Å². The Labute approximate surface area is 263 Å². The molecule has 18 heteroatoms. The zero-order valence-corrected chi connectivity index (χ0v) is 25.2. The van der Waals surface area contributed by atoms with E-state index in [0.717, 1.165) is 6.07 Å². The van der Waals surface area contributed by atoms with Crippen LogP contribution in [0.5, 0.6) is 11.6 Å². The van der Waals surface area contributed by atoms with Crippen LogP contribution in [-0.2, 0) is 10.0 Å². The molecule has 11 nitrogen and oxygen atoms in total. The van der Waals surface area contributed by atoms with Crippen molar-refractivity contribution in [3.63, 3.8) is 0 Å². The molecule has 2 aromatic carbocycles. The number of likely N-dealkylation sites (tertiary alicyclic amines) is 1. The first-order valence-corrected chi connectivity index (χ1v) is 15.6. The average Bonchev–Trinajstić information content (AvgIpc) is 2.99. The van der Waals surface area contributed by atoms with Crippen molar-refractivity contribution in [1.82, 2.24) is 19.9 Å². The van der Waals surface area contributed by atoms with Crippen molar-refractivity contribution in [3.05, 3.63) is 66.2 Å². The summed E-state index contributed by atoms with van der Waals surface area (Å²) in [7, 11) is -5.40. The SMILES string of the molecule is Cc1ccc2c(NS(=O)(=O)CC(F)(F)C(F)(F)F)c(F)ccc2c1Oc1ncccc1-c1ccnc(NC2CCCN(C(=O)O)C2)n1. The molecule has 47 heavy (non-hydrogen) atoms. The number of aromatic nitrogens is 3. The maximum Gasteiger partial charge on any atom is 0.454 e. The zero-order chi connectivity index (χ0) is 34.1. The van der Waals surface area contributed by atoms with Gasteiger partial charge in [0, 0.05) is 42.3 Å². The van der Waals surface area contributed by atoms with Gasteiger partial charge >= 0.3 is 18.2 Å². The number of piperidine rings is 1. The number of halogens is 6. The van der Waals surface area contributed by atoms with Crippen LogP contribution in [0.3, 0.4) is 0 Å². The first kappa shape index (κ1) is 33.5. The maximum absolute atomic E-state index is 14.9. The van der Waals surface area contributed by atoms with Crippen molar-refractivity contribution in [2.75, 3.05) is 28.9 Å². The Morgan fingerprint density at radius 3 is 2.53 bits per heavy atom. The lowest BCUT2D eigenvalue weighted by Gasteiger charge is -2.31. The highest BCUT2D eigenvalue weighted by Gasteiger charge is 2.59. The number of anilines is 2. The first-order valence-electron chi connectivity index (χ1n) is 13.9. The lowest BCUT2D eigenvalue weighted by molar-refractivity contribution is -0.271. The molecule has 1 fully saturated rings. The van der Waals surface area contributed by atoms with E-state index in [0.29, 0.717) is 36.2 Å². The summed E-state index contributed by atoms with van der Waals surface area (Å²) >= 11 is 0. The quantitative estimate of drug-likeness (QED) is 0.170. The number of ether oxygens (including phenoxy) is 1. The highest BCUT2D eigenvalue weighted by molar-refractivity contribution is 7.92. The topological polar surface area (TPSA) is 147 Å². The van der Waals surface area contributed by atoms with Crippen LogP contribution in [0.4, 0.5) is 42.8 Å². The van der Waals surface area contributed by atoms with Gasteiger partial charge in [-0.2, -0.15) is 22.0 Å². The number of amides is 1. The number of rotatable bonds is 9. The molecule has 5 rings (SSSR count). The minimum atomic E-state index is -6.14. The molecule has 1 aliphatic heterocycles. The minimum Gasteiger partial charge on any atom is -0.465 e. The fourth-order valence-corrected chi connectivity index (χ4v) is 6.24. The van der Waals surface area contributed by atoms with Crippen LogP contribution in [0.2, 0.25) is 0 Å². The summed E-state index contributed by atoms with van der Waals surface area (Å²) in [5, 5.41) is 12.4. The highest BCUT2D eigenvalue weighted by Crippen LogP contribution is 2.41. The van der Waals surface area contributed by atoms with E-state index < -0.39 is 45.5 Å². The Bertz CT molecular complexity index is 1930. The summed E-state index contributed by atoms with van der Waals surface area (Å²) in [6, 6.07) is 9.32. The molecule has 2 aromatic heterocycles. The van der Waals surface area contributed by atoms with E-state index in [1.54, 1.807) is 29.8 Å². The number of nitrogens with one attached hydrogen (secondary N) is 2. The van der Waals surface area contributed by atoms with Gasteiger partial charge in [-0.25, -0.2) is 32.6 Å². The fraction of sp³-hybridized carbons (Fsp3) is 0.310. The van der Waals surface area contributed by atoms with Crippen molar-refractivity contribution in [2.45, 2.75) is 37.9 Å². The standard InChI is InChI=1S/C29H26F6N6O5S/c1-16-6-7-18-19(8-9-21(30)23(18)40-47(44,45)15-28(31,32)29(33,34)35)24(16)46-25-20(5-2-11-36-25)22-10-12-37-26(39-22)38-17-4-3-13-41(14-17)27(42)43/h2,5-12,17,40H,3-4,13-15H2,1H3,(H,42,43)(H,37,38,39). The molecule has 1 atom stereocenters. The van der Waals surface area contributed by atoms with Gasteiger partial charge in [-0.15, -0.1) is 0 Å². The Kier molecular flexibility index (Phi) is 9.07. The number of nitrogens with zero attached hydrogens (tertiary/aromatic N) is 4. The molecular weight excluding hydrogens is 658 g/mol. The van der Waals surface area contributed by atoms with Crippen LogP contribution in [0.15, 0.2) is 54.9 Å². The second-order valence-corrected chi connectivity index (χ2v) is 12.5. The first-order chi connectivity index (χ1) is 22.0. The number of hydrogen-bond donors (Lipinski definition) is 3. The van der Waals surface area contributed by atoms with Gasteiger partial charge in [0.25, 0.3) is 0 Å². The Balaban J connectivity index is 1.46. The van der Waals surface area contributed by atoms with Crippen LogP contribution in [-0.4, -0.2) is 76.5 Å². The monoisotopic (exact) mass is 684 g/mol. The van der Waals surface area contributed by atoms with Gasteiger partial charge in [-0.05, 0) is 55.7 Å². The molecule has 0 bridgehead atoms. The largest absolute Gasteiger partial charge is 0.465 e. The average molecular weight is 685 g/mol. The molecular formula is C29H26F6N6O5S. The van der Waals surface area contributed by atoms with Gasteiger partial charge in [0.15, 0.2) is 0 Å². The molecule has 0 aliphatic carbocycles. The minimum absolute atomic E-state index is 0.0127. The zero-order valence-electron chi connectivity index (χ0n) is 24.4. The predicted molar refractivity (Wildman–Crippen MR) is 159 cm³/mol. The molecule has 1 saturated heterocycles. The highest BCUT2D eigenvalue weighted by atomic mass is 32.2. The molecule has 1 amide bonds. The van der Waals surface area contributed by atoms with Gasteiger partial charge in [-0.3, -0.25) is 4.72 Å². The number of benzene rings is 2. The van der Waals surface area contributed by atoms with Gasteiger partial charge in [-0.1, -0.05) is 12.1 Å². The molecule has 4 aromatic rings. The number of fused-ring (bicyclic) bond motifs is 1. The van der Waals surface area contributed by atoms with Crippen molar-refractivity contribution >= 4 is 38.5 Å². The number of pyridine rings is 1. The number of carboxylic acid groups (broad SMARTS) is 1. The van der Waals surface area contributed by atoms with Crippen LogP contribution in [0, 0.1) is 12.7 Å². The third-order valence-electron chi connectivity index (χ3n) is 7.27. The summed E-state index contributed by atoms with van der Waals surface area (Å²) in [4.78, 5) is 25.7. The molecule has 1 aliphatic rings. The van der Waals surface area contributed by atoms with E-state index in [-0.39, 0.29) is 40.9 Å². The van der Waals surface area contributed by atoms with Crippen LogP contribution >= 0.6 is 0 Å². The molecule has 0 saturated carbocycles. The Morgan fingerprint density at radius 2 is 1.81 bits per heavy atom. The number of hydrogen-bond acceptors (Lipinski definition) is 8. The molecule has 3 N–H and O–H groups in total. The summed E-state index contributed by atoms with van der Waals surface area (Å²) in [6.45, 7) is 2.28. The molecule has 3 heterocycles. The molecule has 1 unspecified atom stereocenters. The van der Waals surface area contributed by atoms with E-state index in [1.807, 2.05) is 0 Å². The van der Waals surface area contributed by atoms with Gasteiger partial charge in [0.05, 0.1) is 16.9 Å². The predicted octanol–water partition coefficient (Wildman–Crippen LogP) is 6.43. The van der Waals surface area contributed by atoms with Gasteiger partial charge < -0.3 is 20.1 Å². The van der Waals surface area contributed by atoms with Crippen LogP contribution in [0.25, 0.3) is 22.0 Å². The summed E-state index contributed by atoms with van der Waals surface area (Å²) in [5.41, 5.74) is 0.354. The van der Waals surface area contributed by atoms with Crippen molar-refractivity contribution in [3.8, 4) is 22.9 Å².